The summed E-state index contributed by atoms with van der Waals surface area (Å²) in [6.07, 6.45) is -1.38. The van der Waals surface area contributed by atoms with Crippen molar-refractivity contribution in [3.63, 3.8) is 0 Å². The van der Waals surface area contributed by atoms with E-state index in [1.807, 2.05) is 56.3 Å². The second kappa shape index (κ2) is 8.94. The summed E-state index contributed by atoms with van der Waals surface area (Å²) in [4.78, 5) is 48.4. The molecule has 0 saturated carbocycles. The number of hydrogen-bond acceptors (Lipinski definition) is 5. The number of imide groups is 1. The van der Waals surface area contributed by atoms with Crippen molar-refractivity contribution in [3.8, 4) is 0 Å². The van der Waals surface area contributed by atoms with Crippen LogP contribution in [0.5, 0.6) is 0 Å². The largest absolute Gasteiger partial charge is 0.392 e. The first-order valence-electron chi connectivity index (χ1n) is 11.3. The van der Waals surface area contributed by atoms with Gasteiger partial charge in [-0.3, -0.25) is 24.4 Å². The zero-order valence-electron chi connectivity index (χ0n) is 19.4. The maximum atomic E-state index is 13.5. The van der Waals surface area contributed by atoms with E-state index in [0.717, 1.165) is 21.2 Å². The van der Waals surface area contributed by atoms with Gasteiger partial charge in [-0.15, -0.1) is 0 Å². The van der Waals surface area contributed by atoms with E-state index in [-0.39, 0.29) is 30.5 Å². The Morgan fingerprint density at radius 2 is 1.67 bits per heavy atom. The van der Waals surface area contributed by atoms with Gasteiger partial charge in [0, 0.05) is 26.6 Å². The maximum Gasteiger partial charge on any atom is 0.328 e. The summed E-state index contributed by atoms with van der Waals surface area (Å²) in [5.74, 6) is -0.714. The smallest absolute Gasteiger partial charge is 0.328 e. The Balaban J connectivity index is 1.80. The zero-order chi connectivity index (χ0) is 23.9. The number of likely N-dealkylation sites (N-methyl/N-ethyl adjacent to an activating group) is 1. The highest BCUT2D eigenvalue weighted by atomic mass is 16.3. The van der Waals surface area contributed by atoms with Crippen LogP contribution in [-0.4, -0.2) is 81.8 Å². The van der Waals surface area contributed by atoms with Gasteiger partial charge >= 0.3 is 6.03 Å². The molecule has 0 spiro atoms. The molecule has 2 heterocycles. The molecule has 3 unspecified atom stereocenters. The molecule has 8 heteroatoms. The van der Waals surface area contributed by atoms with Crippen molar-refractivity contribution in [2.45, 2.75) is 45.5 Å². The number of hydrogen-bond donors (Lipinski definition) is 1. The van der Waals surface area contributed by atoms with E-state index >= 15 is 0 Å². The minimum absolute atomic E-state index is 0.0160. The predicted octanol–water partition coefficient (Wildman–Crippen LogP) is 2.29. The Kier molecular flexibility index (Phi) is 6.21. The number of aliphatic hydroxyl groups excluding tert-OH is 1. The molecule has 2 aliphatic heterocycles. The molecule has 33 heavy (non-hydrogen) atoms. The van der Waals surface area contributed by atoms with Crippen LogP contribution in [0, 0.1) is 5.92 Å². The van der Waals surface area contributed by atoms with E-state index in [1.165, 1.54) is 11.9 Å². The lowest BCUT2D eigenvalue weighted by Gasteiger charge is -2.48. The van der Waals surface area contributed by atoms with Crippen LogP contribution in [0.25, 0.3) is 10.8 Å². The van der Waals surface area contributed by atoms with Crippen LogP contribution < -0.4 is 0 Å². The van der Waals surface area contributed by atoms with Gasteiger partial charge < -0.3 is 10.0 Å². The van der Waals surface area contributed by atoms with Crippen LogP contribution in [0.1, 0.15) is 26.3 Å². The van der Waals surface area contributed by atoms with Gasteiger partial charge in [0.1, 0.15) is 5.71 Å². The summed E-state index contributed by atoms with van der Waals surface area (Å²) in [6.45, 7) is 5.94. The molecule has 0 aliphatic carbocycles. The van der Waals surface area contributed by atoms with Crippen molar-refractivity contribution in [2.24, 2.45) is 10.9 Å². The third-order valence-electron chi connectivity index (χ3n) is 6.11. The number of carbonyl (C=O) groups is 3. The summed E-state index contributed by atoms with van der Waals surface area (Å²) < 4.78 is 0. The van der Waals surface area contributed by atoms with Crippen molar-refractivity contribution in [1.82, 2.24) is 14.7 Å². The number of nitrogens with zero attached hydrogens (tertiary/aromatic N) is 4. The van der Waals surface area contributed by atoms with Crippen LogP contribution in [0.3, 0.4) is 0 Å². The quantitative estimate of drug-likeness (QED) is 0.731. The second-order valence-electron chi connectivity index (χ2n) is 9.28. The Bertz CT molecular complexity index is 1120. The highest BCUT2D eigenvalue weighted by molar-refractivity contribution is 6.40. The minimum atomic E-state index is -0.954. The molecule has 8 nitrogen and oxygen atoms in total. The third-order valence-corrected chi connectivity index (χ3v) is 6.11. The Hall–Kier alpha value is -3.26. The number of β-amino-alcohol motifs (C(OH)–C–C–N with tert-alkyl or cyclic N) is 1. The number of rotatable bonds is 6. The monoisotopic (exact) mass is 450 g/mol. The molecule has 4 amide bonds. The van der Waals surface area contributed by atoms with Gasteiger partial charge in [-0.2, -0.15) is 0 Å². The molecule has 0 bridgehead atoms. The van der Waals surface area contributed by atoms with Crippen molar-refractivity contribution >= 4 is 34.3 Å². The van der Waals surface area contributed by atoms with Gasteiger partial charge in [0.05, 0.1) is 6.10 Å². The van der Waals surface area contributed by atoms with E-state index in [2.05, 4.69) is 0 Å². The second-order valence-corrected chi connectivity index (χ2v) is 9.28. The number of urea groups is 1. The van der Waals surface area contributed by atoms with Crippen molar-refractivity contribution in [1.29, 1.82) is 0 Å². The molecule has 1 fully saturated rings. The highest BCUT2D eigenvalue weighted by Gasteiger charge is 2.52. The van der Waals surface area contributed by atoms with Crippen LogP contribution in [-0.2, 0) is 16.0 Å². The van der Waals surface area contributed by atoms with E-state index in [1.54, 1.807) is 11.8 Å². The number of benzene rings is 2. The Morgan fingerprint density at radius 1 is 0.970 bits per heavy atom. The van der Waals surface area contributed by atoms with E-state index in [0.29, 0.717) is 6.54 Å². The average Bonchev–Trinajstić information content (AvgIpc) is 2.77. The fourth-order valence-electron chi connectivity index (χ4n) is 4.65. The number of carbonyl (C=O) groups excluding carboxylic acids is 3. The van der Waals surface area contributed by atoms with Crippen LogP contribution >= 0.6 is 0 Å². The summed E-state index contributed by atoms with van der Waals surface area (Å²) in [7, 11) is 1.43. The van der Waals surface area contributed by atoms with E-state index < -0.39 is 30.2 Å². The molecule has 1 saturated heterocycles. The summed E-state index contributed by atoms with van der Waals surface area (Å²) >= 11 is 0. The van der Waals surface area contributed by atoms with Gasteiger partial charge in [0.15, 0.2) is 12.2 Å². The van der Waals surface area contributed by atoms with Gasteiger partial charge in [-0.05, 0) is 29.2 Å². The van der Waals surface area contributed by atoms with E-state index in [9.17, 15) is 19.5 Å². The minimum Gasteiger partial charge on any atom is -0.392 e. The molecule has 0 aromatic heterocycles. The molecular weight excluding hydrogens is 420 g/mol. The lowest BCUT2D eigenvalue weighted by molar-refractivity contribution is -0.149. The topological polar surface area (TPSA) is 93.5 Å². The van der Waals surface area contributed by atoms with Crippen molar-refractivity contribution in [2.75, 3.05) is 20.1 Å². The summed E-state index contributed by atoms with van der Waals surface area (Å²) in [5.41, 5.74) is 1.23. The lowest BCUT2D eigenvalue weighted by Crippen LogP contribution is -2.71. The van der Waals surface area contributed by atoms with Gasteiger partial charge in [0.25, 0.3) is 11.8 Å². The molecule has 174 valence electrons. The number of aliphatic imine (C=N–C) groups is 1. The fourth-order valence-corrected chi connectivity index (χ4v) is 4.65. The first kappa shape index (κ1) is 22.9. The standard InChI is InChI=1S/C25H30N4O4/c1-15(2)13-29-22-21(24(32)27(4)25(29)33)28(14-16(3)30)23(31)20(26-22)12-18-10-7-9-17-8-5-6-11-19(17)18/h5-11,15-16,21-22,30H,12-14H2,1-4H3. The van der Waals surface area contributed by atoms with Crippen molar-refractivity contribution < 1.29 is 19.5 Å². The van der Waals surface area contributed by atoms with Gasteiger partial charge in [0.2, 0.25) is 0 Å². The molecule has 2 aromatic rings. The molecule has 0 radical (unpaired) electrons. The molecule has 3 atom stereocenters. The summed E-state index contributed by atoms with van der Waals surface area (Å²) in [6, 6.07) is 12.5. The van der Waals surface area contributed by atoms with Gasteiger partial charge in [-0.25, -0.2) is 4.79 Å². The third kappa shape index (κ3) is 4.23. The molecule has 4 rings (SSSR count). The first-order chi connectivity index (χ1) is 15.7. The zero-order valence-corrected chi connectivity index (χ0v) is 19.4. The normalized spacial score (nSPS) is 22.2. The average molecular weight is 451 g/mol. The highest BCUT2D eigenvalue weighted by Crippen LogP contribution is 2.29. The van der Waals surface area contributed by atoms with Crippen molar-refractivity contribution in [3.05, 3.63) is 48.0 Å². The van der Waals surface area contributed by atoms with Crippen LogP contribution in [0.15, 0.2) is 47.5 Å². The van der Waals surface area contributed by atoms with Crippen LogP contribution in [0.4, 0.5) is 4.79 Å². The van der Waals surface area contributed by atoms with Gasteiger partial charge in [-0.1, -0.05) is 56.3 Å². The maximum absolute atomic E-state index is 13.5. The summed E-state index contributed by atoms with van der Waals surface area (Å²) in [5, 5.41) is 12.2. The number of amides is 4. The number of fused-ring (bicyclic) bond motifs is 2. The molecular formula is C25H30N4O4. The predicted molar refractivity (Wildman–Crippen MR) is 126 cm³/mol. The van der Waals surface area contributed by atoms with E-state index in [4.69, 9.17) is 4.99 Å². The van der Waals surface area contributed by atoms with Crippen LogP contribution in [0.2, 0.25) is 0 Å². The SMILES string of the molecule is CC(C)CN1C(=O)N(C)C(=O)C2C1N=C(Cc1cccc3ccccc13)C(=O)N2CC(C)O. The molecule has 2 aromatic carbocycles. The first-order valence-corrected chi connectivity index (χ1v) is 11.3. The lowest BCUT2D eigenvalue weighted by atomic mass is 9.96. The molecule has 2 aliphatic rings. The fraction of sp³-hybridized carbons (Fsp3) is 0.440. The number of aliphatic hydroxyl groups is 1. The molecule has 1 N–H and O–H groups in total. The Labute approximate surface area is 193 Å². The Morgan fingerprint density at radius 3 is 2.36 bits per heavy atom.